The zero-order valence-electron chi connectivity index (χ0n) is 15.2. The Kier molecular flexibility index (Phi) is 4.11. The van der Waals surface area contributed by atoms with Gasteiger partial charge in [0, 0.05) is 11.1 Å². The molecule has 1 aliphatic heterocycles. The molecule has 28 heavy (non-hydrogen) atoms. The molecule has 0 bridgehead atoms. The summed E-state index contributed by atoms with van der Waals surface area (Å²) in [5, 5.41) is 12.8. The molecule has 0 radical (unpaired) electrons. The minimum absolute atomic E-state index is 0.211. The first-order chi connectivity index (χ1) is 13.7. The molecule has 2 N–H and O–H groups in total. The molecule has 5 rings (SSSR count). The lowest BCUT2D eigenvalue weighted by Crippen LogP contribution is -2.32. The third-order valence-electron chi connectivity index (χ3n) is 4.92. The van der Waals surface area contributed by atoms with Crippen LogP contribution >= 0.6 is 10.9 Å². The van der Waals surface area contributed by atoms with Crippen molar-refractivity contribution < 1.29 is 4.42 Å². The van der Waals surface area contributed by atoms with Crippen LogP contribution in [0.4, 0.5) is 5.69 Å². The van der Waals surface area contributed by atoms with Gasteiger partial charge >= 0.3 is 5.63 Å². The second-order valence-corrected chi connectivity index (χ2v) is 7.80. The predicted molar refractivity (Wildman–Crippen MR) is 119 cm³/mol. The molecule has 0 saturated carbocycles. The van der Waals surface area contributed by atoms with E-state index in [9.17, 15) is 4.79 Å². The van der Waals surface area contributed by atoms with Gasteiger partial charge in [-0.25, -0.2) is 4.79 Å². The standard InChI is InChI=1S/C23H18N2O2S/c1-14-6-9-16(10-7-14)24-23-25-20(13-28-23)19-12-18-17-5-3-2-4-15(17)8-11-21(18)27-22(19)26/h2-13,20,24-25H,1H3. The predicted octanol–water partition coefficient (Wildman–Crippen LogP) is 4.63. The average molecular weight is 386 g/mol. The van der Waals surface area contributed by atoms with E-state index >= 15 is 0 Å². The molecule has 0 spiro atoms. The number of nitrogens with one attached hydrogen (secondary N) is 2. The van der Waals surface area contributed by atoms with Crippen LogP contribution in [-0.4, -0.2) is 10.5 Å². The van der Waals surface area contributed by atoms with Crippen LogP contribution in [0.5, 0.6) is 0 Å². The van der Waals surface area contributed by atoms with Crippen LogP contribution < -0.4 is 16.3 Å². The highest BCUT2D eigenvalue weighted by atomic mass is 32.1. The first-order valence-electron chi connectivity index (χ1n) is 9.10. The van der Waals surface area contributed by atoms with Gasteiger partial charge in [0.2, 0.25) is 0 Å². The fourth-order valence-electron chi connectivity index (χ4n) is 3.43. The number of rotatable bonds is 2. The molecule has 4 nitrogen and oxygen atoms in total. The molecule has 0 aliphatic carbocycles. The fourth-order valence-corrected chi connectivity index (χ4v) is 4.29. The van der Waals surface area contributed by atoms with Crippen molar-refractivity contribution in [2.24, 2.45) is 0 Å². The third kappa shape index (κ3) is 3.05. The minimum atomic E-state index is -0.311. The molecule has 2 heterocycles. The molecule has 1 aromatic heterocycles. The largest absolute Gasteiger partial charge is 0.422 e. The summed E-state index contributed by atoms with van der Waals surface area (Å²) in [4.78, 5) is 12.6. The van der Waals surface area contributed by atoms with Crippen molar-refractivity contribution in [3.8, 4) is 0 Å². The lowest BCUT2D eigenvalue weighted by atomic mass is 10.0. The molecule has 5 heteroatoms. The van der Waals surface area contributed by atoms with Crippen molar-refractivity contribution in [1.29, 1.82) is 0 Å². The number of hydrogen-bond acceptors (Lipinski definition) is 4. The van der Waals surface area contributed by atoms with Gasteiger partial charge in [0.15, 0.2) is 0 Å². The Morgan fingerprint density at radius 2 is 1.82 bits per heavy atom. The highest BCUT2D eigenvalue weighted by Crippen LogP contribution is 2.26. The molecule has 0 amide bonds. The summed E-state index contributed by atoms with van der Waals surface area (Å²) in [7, 11) is 1.55. The molecule has 1 atom stereocenters. The zero-order chi connectivity index (χ0) is 19.1. The van der Waals surface area contributed by atoms with Gasteiger partial charge < -0.3 is 9.73 Å². The topological polar surface area (TPSA) is 54.3 Å². The number of aryl methyl sites for hydroxylation is 1. The van der Waals surface area contributed by atoms with Crippen molar-refractivity contribution in [2.75, 3.05) is 5.32 Å². The van der Waals surface area contributed by atoms with Gasteiger partial charge in [-0.15, -0.1) is 10.9 Å². The normalized spacial score (nSPS) is 16.2. The van der Waals surface area contributed by atoms with Gasteiger partial charge in [0.25, 0.3) is 0 Å². The Labute approximate surface area is 165 Å². The van der Waals surface area contributed by atoms with Crippen LogP contribution in [0.25, 0.3) is 21.7 Å². The number of hydrogen-bond donors (Lipinski definition) is 2. The summed E-state index contributed by atoms with van der Waals surface area (Å²) in [5.74, 6) is 0. The highest BCUT2D eigenvalue weighted by molar-refractivity contribution is 7.97. The van der Waals surface area contributed by atoms with Crippen LogP contribution in [0.15, 0.2) is 75.9 Å². The molecule has 138 valence electrons. The van der Waals surface area contributed by atoms with E-state index in [4.69, 9.17) is 4.42 Å². The lowest BCUT2D eigenvalue weighted by Gasteiger charge is -2.13. The SMILES string of the molecule is Cc1ccc(NC2=S=CC(c3cc4c(ccc5ccccc54)oc3=O)N2)cc1. The molecule has 1 aliphatic rings. The molecule has 3 aromatic carbocycles. The van der Waals surface area contributed by atoms with Gasteiger partial charge in [-0.1, -0.05) is 48.0 Å². The summed E-state index contributed by atoms with van der Waals surface area (Å²) in [6, 6.07) is 21.9. The zero-order valence-corrected chi connectivity index (χ0v) is 16.0. The van der Waals surface area contributed by atoms with E-state index in [1.54, 1.807) is 10.9 Å². The summed E-state index contributed by atoms with van der Waals surface area (Å²) in [6.07, 6.45) is 0. The maximum Gasteiger partial charge on any atom is 0.341 e. The quantitative estimate of drug-likeness (QED) is 0.300. The molecular weight excluding hydrogens is 368 g/mol. The van der Waals surface area contributed by atoms with Crippen molar-refractivity contribution >= 4 is 48.8 Å². The molecular formula is C23H18N2O2S. The summed E-state index contributed by atoms with van der Waals surface area (Å²) >= 11 is 0. The van der Waals surface area contributed by atoms with Crippen LogP contribution in [-0.2, 0) is 0 Å². The molecule has 1 unspecified atom stereocenters. The van der Waals surface area contributed by atoms with Gasteiger partial charge in [0.1, 0.15) is 10.7 Å². The van der Waals surface area contributed by atoms with Crippen molar-refractivity contribution in [1.82, 2.24) is 5.32 Å². The van der Waals surface area contributed by atoms with Crippen LogP contribution in [0.2, 0.25) is 0 Å². The Morgan fingerprint density at radius 1 is 1.00 bits per heavy atom. The molecule has 0 fully saturated rings. The Bertz CT molecular complexity index is 1330. The third-order valence-corrected chi connectivity index (χ3v) is 5.79. The maximum absolute atomic E-state index is 12.6. The van der Waals surface area contributed by atoms with Crippen molar-refractivity contribution in [2.45, 2.75) is 13.0 Å². The first-order valence-corrected chi connectivity index (χ1v) is 9.98. The van der Waals surface area contributed by atoms with Crippen LogP contribution in [0.3, 0.4) is 0 Å². The summed E-state index contributed by atoms with van der Waals surface area (Å²) < 4.78 is 5.63. The Morgan fingerprint density at radius 3 is 2.68 bits per heavy atom. The van der Waals surface area contributed by atoms with E-state index in [1.165, 1.54) is 5.56 Å². The second-order valence-electron chi connectivity index (χ2n) is 6.88. The van der Waals surface area contributed by atoms with E-state index < -0.39 is 0 Å². The Hall–Kier alpha value is -3.15. The van der Waals surface area contributed by atoms with Gasteiger partial charge in [-0.05, 0) is 47.3 Å². The molecule has 4 aromatic rings. The summed E-state index contributed by atoms with van der Waals surface area (Å²) in [6.45, 7) is 2.06. The van der Waals surface area contributed by atoms with Gasteiger partial charge in [0.05, 0.1) is 11.6 Å². The number of fused-ring (bicyclic) bond motifs is 3. The van der Waals surface area contributed by atoms with E-state index in [-0.39, 0.29) is 11.7 Å². The van der Waals surface area contributed by atoms with Crippen LogP contribution in [0, 0.1) is 6.92 Å². The van der Waals surface area contributed by atoms with Gasteiger partial charge in [-0.2, -0.15) is 0 Å². The second kappa shape index (κ2) is 6.78. The van der Waals surface area contributed by atoms with E-state index in [1.807, 2.05) is 47.8 Å². The summed E-state index contributed by atoms with van der Waals surface area (Å²) in [5.41, 5.74) is 3.13. The van der Waals surface area contributed by atoms with Gasteiger partial charge in [-0.3, -0.25) is 5.32 Å². The average Bonchev–Trinajstić information content (AvgIpc) is 3.17. The highest BCUT2D eigenvalue weighted by Gasteiger charge is 2.20. The molecule has 0 saturated heterocycles. The van der Waals surface area contributed by atoms with E-state index in [2.05, 4.69) is 41.8 Å². The minimum Gasteiger partial charge on any atom is -0.422 e. The fraction of sp³-hybridized carbons (Fsp3) is 0.0870. The number of benzene rings is 3. The number of anilines is 1. The van der Waals surface area contributed by atoms with Crippen molar-refractivity contribution in [3.63, 3.8) is 0 Å². The smallest absolute Gasteiger partial charge is 0.341 e. The van der Waals surface area contributed by atoms with E-state index in [0.717, 1.165) is 27.0 Å². The maximum atomic E-state index is 12.6. The lowest BCUT2D eigenvalue weighted by molar-refractivity contribution is 0.546. The monoisotopic (exact) mass is 386 g/mol. The van der Waals surface area contributed by atoms with E-state index in [0.29, 0.717) is 11.1 Å². The Balaban J connectivity index is 1.48. The first kappa shape index (κ1) is 17.0. The van der Waals surface area contributed by atoms with Crippen LogP contribution in [0.1, 0.15) is 17.2 Å². The van der Waals surface area contributed by atoms with Crippen molar-refractivity contribution in [3.05, 3.63) is 88.3 Å².